The van der Waals surface area contributed by atoms with Crippen LogP contribution in [-0.2, 0) is 9.53 Å². The molecule has 2 unspecified atom stereocenters. The van der Waals surface area contributed by atoms with Gasteiger partial charge in [-0.2, -0.15) is 13.2 Å². The topological polar surface area (TPSA) is 26.3 Å². The zero-order chi connectivity index (χ0) is 13.8. The Morgan fingerprint density at radius 2 is 1.89 bits per heavy atom. The molecule has 0 saturated carbocycles. The number of esters is 1. The molecule has 0 fully saturated rings. The Bertz CT molecular complexity index is 392. The van der Waals surface area contributed by atoms with E-state index in [0.717, 1.165) is 0 Å². The Balaban J connectivity index is 3.07. The number of ether oxygens (including phenoxy) is 1. The van der Waals surface area contributed by atoms with Crippen molar-refractivity contribution >= 4 is 17.6 Å². The van der Waals surface area contributed by atoms with E-state index in [1.807, 2.05) is 0 Å². The molecule has 100 valence electrons. The third kappa shape index (κ3) is 3.63. The second kappa shape index (κ2) is 6.09. The van der Waals surface area contributed by atoms with Gasteiger partial charge in [0.15, 0.2) is 0 Å². The molecule has 0 bridgehead atoms. The van der Waals surface area contributed by atoms with E-state index in [1.165, 1.54) is 19.1 Å². The van der Waals surface area contributed by atoms with Crippen LogP contribution >= 0.6 is 11.6 Å². The summed E-state index contributed by atoms with van der Waals surface area (Å²) in [6.45, 7) is 1.53. The van der Waals surface area contributed by atoms with Gasteiger partial charge in [-0.25, -0.2) is 0 Å². The normalized spacial score (nSPS) is 14.9. The zero-order valence-corrected chi connectivity index (χ0v) is 10.3. The van der Waals surface area contributed by atoms with Crippen LogP contribution in [0.25, 0.3) is 0 Å². The predicted molar refractivity (Wildman–Crippen MR) is 61.5 cm³/mol. The summed E-state index contributed by atoms with van der Waals surface area (Å²) in [7, 11) is 0. The molecule has 0 saturated heterocycles. The van der Waals surface area contributed by atoms with Crippen LogP contribution in [0.1, 0.15) is 18.4 Å². The van der Waals surface area contributed by atoms with E-state index < -0.39 is 23.4 Å². The summed E-state index contributed by atoms with van der Waals surface area (Å²) in [5.74, 6) is -2.52. The molecular weight excluding hydrogens is 269 g/mol. The maximum absolute atomic E-state index is 12.6. The minimum Gasteiger partial charge on any atom is -0.465 e. The number of hydrogen-bond donors (Lipinski definition) is 0. The minimum atomic E-state index is -4.67. The van der Waals surface area contributed by atoms with Crippen LogP contribution in [0.4, 0.5) is 13.2 Å². The maximum Gasteiger partial charge on any atom is 0.406 e. The molecule has 0 aromatic heterocycles. The van der Waals surface area contributed by atoms with Crippen molar-refractivity contribution < 1.29 is 22.7 Å². The van der Waals surface area contributed by atoms with Crippen LogP contribution in [0, 0.1) is 0 Å². The maximum atomic E-state index is 12.6. The lowest BCUT2D eigenvalue weighted by atomic mass is 9.95. The average molecular weight is 281 g/mol. The summed E-state index contributed by atoms with van der Waals surface area (Å²) in [6, 6.07) is 7.57. The highest BCUT2D eigenvalue weighted by Crippen LogP contribution is 2.36. The largest absolute Gasteiger partial charge is 0.465 e. The van der Waals surface area contributed by atoms with E-state index in [4.69, 9.17) is 11.6 Å². The van der Waals surface area contributed by atoms with E-state index in [9.17, 15) is 18.0 Å². The molecule has 0 N–H and O–H groups in total. The van der Waals surface area contributed by atoms with Crippen molar-refractivity contribution in [2.45, 2.75) is 24.4 Å². The van der Waals surface area contributed by atoms with Gasteiger partial charge >= 0.3 is 12.1 Å². The third-order valence-corrected chi connectivity index (χ3v) is 2.80. The molecule has 0 radical (unpaired) electrons. The molecule has 0 spiro atoms. The number of alkyl halides is 4. The second-order valence-electron chi connectivity index (χ2n) is 3.58. The Labute approximate surface area is 108 Å². The molecule has 6 heteroatoms. The van der Waals surface area contributed by atoms with Gasteiger partial charge in [-0.1, -0.05) is 30.3 Å². The molecule has 2 atom stereocenters. The van der Waals surface area contributed by atoms with E-state index in [-0.39, 0.29) is 12.2 Å². The van der Waals surface area contributed by atoms with Crippen LogP contribution in [0.15, 0.2) is 30.3 Å². The first-order chi connectivity index (χ1) is 8.38. The summed E-state index contributed by atoms with van der Waals surface area (Å²) in [5, 5.41) is -2.31. The Hall–Kier alpha value is -1.23. The standard InChI is InChI=1S/C12H12ClF3O2/c1-2-18-11(17)9(10(13)12(14,15)16)8-6-4-3-5-7-8/h3-7,9-10H,2H2,1H3. The average Bonchev–Trinajstić information content (AvgIpc) is 2.29. The molecule has 1 rings (SSSR count). The molecule has 0 aliphatic heterocycles. The van der Waals surface area contributed by atoms with Crippen molar-refractivity contribution in [1.29, 1.82) is 0 Å². The van der Waals surface area contributed by atoms with Gasteiger partial charge in [0.2, 0.25) is 0 Å². The molecule has 18 heavy (non-hydrogen) atoms. The minimum absolute atomic E-state index is 0.00360. The molecule has 2 nitrogen and oxygen atoms in total. The number of benzene rings is 1. The van der Waals surface area contributed by atoms with Crippen LogP contribution in [0.3, 0.4) is 0 Å². The van der Waals surface area contributed by atoms with Crippen LogP contribution in [0.2, 0.25) is 0 Å². The van der Waals surface area contributed by atoms with Gasteiger partial charge in [-0.15, -0.1) is 11.6 Å². The van der Waals surface area contributed by atoms with Crippen molar-refractivity contribution in [1.82, 2.24) is 0 Å². The number of halogens is 4. The number of rotatable bonds is 4. The fourth-order valence-electron chi connectivity index (χ4n) is 1.51. The first kappa shape index (κ1) is 14.8. The SMILES string of the molecule is CCOC(=O)C(c1ccccc1)C(Cl)C(F)(F)F. The van der Waals surface area contributed by atoms with Gasteiger partial charge in [-0.3, -0.25) is 4.79 Å². The van der Waals surface area contributed by atoms with Crippen molar-refractivity contribution in [2.75, 3.05) is 6.61 Å². The second-order valence-corrected chi connectivity index (χ2v) is 4.05. The van der Waals surface area contributed by atoms with E-state index in [0.29, 0.717) is 0 Å². The van der Waals surface area contributed by atoms with Crippen molar-refractivity contribution in [3.05, 3.63) is 35.9 Å². The highest BCUT2D eigenvalue weighted by molar-refractivity contribution is 6.23. The van der Waals surface area contributed by atoms with Crippen molar-refractivity contribution in [3.63, 3.8) is 0 Å². The van der Waals surface area contributed by atoms with Crippen molar-refractivity contribution in [3.8, 4) is 0 Å². The summed E-state index contributed by atoms with van der Waals surface area (Å²) in [5.41, 5.74) is 0.188. The van der Waals surface area contributed by atoms with Crippen LogP contribution < -0.4 is 0 Å². The molecule has 0 aliphatic carbocycles. The Kier molecular flexibility index (Phi) is 5.02. The van der Waals surface area contributed by atoms with Gasteiger partial charge in [0, 0.05) is 0 Å². The molecule has 1 aromatic carbocycles. The molecule has 0 amide bonds. The fraction of sp³-hybridized carbons (Fsp3) is 0.417. The summed E-state index contributed by atoms with van der Waals surface area (Å²) < 4.78 is 42.6. The molecule has 0 aliphatic rings. The lowest BCUT2D eigenvalue weighted by molar-refractivity contribution is -0.159. The quantitative estimate of drug-likeness (QED) is 0.623. The molecular formula is C12H12ClF3O2. The lowest BCUT2D eigenvalue weighted by Crippen LogP contribution is -2.35. The number of hydrogen-bond acceptors (Lipinski definition) is 2. The van der Waals surface area contributed by atoms with Gasteiger partial charge < -0.3 is 4.74 Å². The number of carbonyl (C=O) groups is 1. The summed E-state index contributed by atoms with van der Waals surface area (Å²) in [4.78, 5) is 11.6. The Morgan fingerprint density at radius 3 is 2.33 bits per heavy atom. The monoisotopic (exact) mass is 280 g/mol. The number of carbonyl (C=O) groups excluding carboxylic acids is 1. The van der Waals surface area contributed by atoms with Crippen molar-refractivity contribution in [2.24, 2.45) is 0 Å². The van der Waals surface area contributed by atoms with Gasteiger partial charge in [-0.05, 0) is 12.5 Å². The van der Waals surface area contributed by atoms with Gasteiger partial charge in [0.25, 0.3) is 0 Å². The molecule has 1 aromatic rings. The zero-order valence-electron chi connectivity index (χ0n) is 9.58. The highest BCUT2D eigenvalue weighted by Gasteiger charge is 2.47. The Morgan fingerprint density at radius 1 is 1.33 bits per heavy atom. The summed E-state index contributed by atoms with van der Waals surface area (Å²) >= 11 is 5.36. The predicted octanol–water partition coefficient (Wildman–Crippen LogP) is 3.50. The lowest BCUT2D eigenvalue weighted by Gasteiger charge is -2.23. The van der Waals surface area contributed by atoms with Gasteiger partial charge in [0.05, 0.1) is 6.61 Å². The summed E-state index contributed by atoms with van der Waals surface area (Å²) in [6.07, 6.45) is -4.67. The third-order valence-electron chi connectivity index (χ3n) is 2.30. The first-order valence-corrected chi connectivity index (χ1v) is 5.74. The first-order valence-electron chi connectivity index (χ1n) is 5.30. The van der Waals surface area contributed by atoms with Crippen LogP contribution in [-0.4, -0.2) is 24.1 Å². The highest BCUT2D eigenvalue weighted by atomic mass is 35.5. The van der Waals surface area contributed by atoms with E-state index in [2.05, 4.69) is 4.74 Å². The molecule has 0 heterocycles. The smallest absolute Gasteiger partial charge is 0.406 e. The fourth-order valence-corrected chi connectivity index (χ4v) is 1.75. The van der Waals surface area contributed by atoms with Gasteiger partial charge in [0.1, 0.15) is 11.3 Å². The van der Waals surface area contributed by atoms with E-state index in [1.54, 1.807) is 18.2 Å². The van der Waals surface area contributed by atoms with Crippen LogP contribution in [0.5, 0.6) is 0 Å². The van der Waals surface area contributed by atoms with E-state index >= 15 is 0 Å².